The third-order valence-corrected chi connectivity index (χ3v) is 4.23. The van der Waals surface area contributed by atoms with Gasteiger partial charge >= 0.3 is 5.97 Å². The first-order valence-electron chi connectivity index (χ1n) is 9.83. The lowest BCUT2D eigenvalue weighted by molar-refractivity contribution is -0.385. The minimum Gasteiger partial charge on any atom is -0.493 e. The molecular formula is C23H23N3O7. The zero-order chi connectivity index (χ0) is 24.5. The number of nitrogens with one attached hydrogen (secondary N) is 1. The monoisotopic (exact) mass is 453 g/mol. The van der Waals surface area contributed by atoms with E-state index in [2.05, 4.69) is 5.32 Å². The number of amides is 1. The maximum Gasteiger partial charge on any atom is 0.349 e. The number of methoxy groups -OCH3 is 1. The Balaban J connectivity index is 2.09. The number of aryl methyl sites for hydroxylation is 1. The van der Waals surface area contributed by atoms with E-state index in [1.165, 1.54) is 43.5 Å². The Bertz CT molecular complexity index is 1130. The van der Waals surface area contributed by atoms with Gasteiger partial charge < -0.3 is 19.5 Å². The molecule has 2 aromatic carbocycles. The maximum atomic E-state index is 12.2. The molecule has 0 bridgehead atoms. The average Bonchev–Trinajstić information content (AvgIpc) is 2.76. The van der Waals surface area contributed by atoms with Gasteiger partial charge in [0.05, 0.1) is 12.0 Å². The summed E-state index contributed by atoms with van der Waals surface area (Å²) in [5.41, 5.74) is 0.766. The molecule has 10 heteroatoms. The number of ether oxygens (including phenoxy) is 3. The molecule has 0 aliphatic heterocycles. The molecule has 0 saturated carbocycles. The molecule has 0 saturated heterocycles. The number of rotatable bonds is 9. The summed E-state index contributed by atoms with van der Waals surface area (Å²) in [4.78, 5) is 34.6. The van der Waals surface area contributed by atoms with Crippen molar-refractivity contribution < 1.29 is 28.7 Å². The van der Waals surface area contributed by atoms with Crippen molar-refractivity contribution in [1.82, 2.24) is 5.32 Å². The van der Waals surface area contributed by atoms with Crippen LogP contribution in [0.3, 0.4) is 0 Å². The fourth-order valence-electron chi connectivity index (χ4n) is 2.73. The van der Waals surface area contributed by atoms with Crippen molar-refractivity contribution in [3.8, 4) is 23.3 Å². The van der Waals surface area contributed by atoms with Crippen molar-refractivity contribution in [2.24, 2.45) is 0 Å². The Hall–Kier alpha value is -4.39. The van der Waals surface area contributed by atoms with Gasteiger partial charge in [-0.05, 0) is 56.7 Å². The molecule has 1 amide bonds. The van der Waals surface area contributed by atoms with E-state index in [1.807, 2.05) is 6.07 Å². The fourth-order valence-corrected chi connectivity index (χ4v) is 2.73. The molecule has 0 aromatic heterocycles. The summed E-state index contributed by atoms with van der Waals surface area (Å²) in [7, 11) is 1.38. The summed E-state index contributed by atoms with van der Waals surface area (Å²) in [6.07, 6.45) is 1.39. The third kappa shape index (κ3) is 7.07. The van der Waals surface area contributed by atoms with Gasteiger partial charge in [-0.15, -0.1) is 0 Å². The van der Waals surface area contributed by atoms with Crippen LogP contribution in [0.25, 0.3) is 6.08 Å². The average molecular weight is 453 g/mol. The number of carbonyl (C=O) groups is 2. The van der Waals surface area contributed by atoms with E-state index in [0.29, 0.717) is 11.1 Å². The van der Waals surface area contributed by atoms with Gasteiger partial charge in [0.1, 0.15) is 17.4 Å². The summed E-state index contributed by atoms with van der Waals surface area (Å²) >= 11 is 0. The normalized spacial score (nSPS) is 10.8. The standard InChI is InChI=1S/C23H23N3O7/c1-14(2)25-23(28)17(12-24)10-16-5-8-20(21(11-16)31-4)33-22(27)13-32-18-6-7-19(26(29)30)15(3)9-18/h5-11,14H,13H2,1-4H3,(H,25,28)/b17-10+. The molecule has 0 aliphatic rings. The van der Waals surface area contributed by atoms with Crippen LogP contribution in [0.5, 0.6) is 17.2 Å². The van der Waals surface area contributed by atoms with Crippen LogP contribution >= 0.6 is 0 Å². The third-order valence-electron chi connectivity index (χ3n) is 4.23. The molecule has 0 heterocycles. The Kier molecular flexibility index (Phi) is 8.51. The predicted octanol–water partition coefficient (Wildman–Crippen LogP) is 3.33. The SMILES string of the molecule is COc1cc(/C=C(\C#N)C(=O)NC(C)C)ccc1OC(=O)COc1ccc([N+](=O)[O-])c(C)c1. The second kappa shape index (κ2) is 11.3. The van der Waals surface area contributed by atoms with Gasteiger partial charge in [-0.1, -0.05) is 6.07 Å². The Morgan fingerprint density at radius 3 is 2.52 bits per heavy atom. The lowest BCUT2D eigenvalue weighted by Gasteiger charge is -2.11. The summed E-state index contributed by atoms with van der Waals surface area (Å²) in [5.74, 6) is -0.605. The lowest BCUT2D eigenvalue weighted by Crippen LogP contribution is -2.30. The molecule has 0 unspecified atom stereocenters. The molecule has 172 valence electrons. The van der Waals surface area contributed by atoms with Gasteiger partial charge in [0, 0.05) is 17.7 Å². The van der Waals surface area contributed by atoms with Gasteiger partial charge in [0.25, 0.3) is 11.6 Å². The van der Waals surface area contributed by atoms with Gasteiger partial charge in [-0.25, -0.2) is 4.79 Å². The quantitative estimate of drug-likeness (QED) is 0.152. The van der Waals surface area contributed by atoms with Crippen molar-refractivity contribution in [3.63, 3.8) is 0 Å². The summed E-state index contributed by atoms with van der Waals surface area (Å²) in [6, 6.07) is 10.4. The molecule has 1 N–H and O–H groups in total. The predicted molar refractivity (Wildman–Crippen MR) is 119 cm³/mol. The minimum absolute atomic E-state index is 0.0509. The molecule has 2 rings (SSSR count). The molecular weight excluding hydrogens is 430 g/mol. The Labute approximate surface area is 190 Å². The highest BCUT2D eigenvalue weighted by atomic mass is 16.6. The molecule has 0 spiro atoms. The number of nitriles is 1. The zero-order valence-electron chi connectivity index (χ0n) is 18.6. The van der Waals surface area contributed by atoms with Crippen LogP contribution in [0.4, 0.5) is 5.69 Å². The molecule has 33 heavy (non-hydrogen) atoms. The number of nitrogens with zero attached hydrogens (tertiary/aromatic N) is 2. The van der Waals surface area contributed by atoms with Gasteiger partial charge in [-0.2, -0.15) is 5.26 Å². The smallest absolute Gasteiger partial charge is 0.349 e. The van der Waals surface area contributed by atoms with Gasteiger partial charge in [-0.3, -0.25) is 14.9 Å². The van der Waals surface area contributed by atoms with E-state index in [0.717, 1.165) is 0 Å². The van der Waals surface area contributed by atoms with Crippen molar-refractivity contribution in [1.29, 1.82) is 5.26 Å². The van der Waals surface area contributed by atoms with Crippen LogP contribution in [0.2, 0.25) is 0 Å². The topological polar surface area (TPSA) is 141 Å². The number of benzene rings is 2. The molecule has 0 aliphatic carbocycles. The zero-order valence-corrected chi connectivity index (χ0v) is 18.6. The van der Waals surface area contributed by atoms with Crippen molar-refractivity contribution in [2.75, 3.05) is 13.7 Å². The van der Waals surface area contributed by atoms with Crippen LogP contribution < -0.4 is 19.5 Å². The summed E-state index contributed by atoms with van der Waals surface area (Å²) < 4.78 is 15.9. The van der Waals surface area contributed by atoms with E-state index in [4.69, 9.17) is 14.2 Å². The number of hydrogen-bond donors (Lipinski definition) is 1. The van der Waals surface area contributed by atoms with E-state index < -0.39 is 23.4 Å². The first kappa shape index (κ1) is 24.9. The number of carbonyl (C=O) groups excluding carboxylic acids is 2. The second-order valence-corrected chi connectivity index (χ2v) is 7.18. The molecule has 0 atom stereocenters. The van der Waals surface area contributed by atoms with Crippen LogP contribution in [-0.4, -0.2) is 36.6 Å². The van der Waals surface area contributed by atoms with E-state index >= 15 is 0 Å². The largest absolute Gasteiger partial charge is 0.493 e. The van der Waals surface area contributed by atoms with Crippen molar-refractivity contribution in [3.05, 3.63) is 63.2 Å². The Morgan fingerprint density at radius 2 is 1.94 bits per heavy atom. The van der Waals surface area contributed by atoms with E-state index in [-0.39, 0.29) is 34.6 Å². The maximum absolute atomic E-state index is 12.2. The van der Waals surface area contributed by atoms with Crippen molar-refractivity contribution in [2.45, 2.75) is 26.8 Å². The van der Waals surface area contributed by atoms with E-state index in [1.54, 1.807) is 26.8 Å². The van der Waals surface area contributed by atoms with E-state index in [9.17, 15) is 25.0 Å². The fraction of sp³-hybridized carbons (Fsp3) is 0.261. The van der Waals surface area contributed by atoms with Crippen LogP contribution in [-0.2, 0) is 9.59 Å². The van der Waals surface area contributed by atoms with Crippen LogP contribution in [0, 0.1) is 28.4 Å². The number of esters is 1. The van der Waals surface area contributed by atoms with Gasteiger partial charge in [0.2, 0.25) is 0 Å². The molecule has 10 nitrogen and oxygen atoms in total. The van der Waals surface area contributed by atoms with Crippen LogP contribution in [0.15, 0.2) is 42.0 Å². The second-order valence-electron chi connectivity index (χ2n) is 7.18. The highest BCUT2D eigenvalue weighted by Gasteiger charge is 2.15. The van der Waals surface area contributed by atoms with Crippen molar-refractivity contribution >= 4 is 23.6 Å². The molecule has 2 aromatic rings. The minimum atomic E-state index is -0.721. The number of hydrogen-bond acceptors (Lipinski definition) is 8. The molecule has 0 radical (unpaired) electrons. The summed E-state index contributed by atoms with van der Waals surface area (Å²) in [5, 5.41) is 22.8. The van der Waals surface area contributed by atoms with Gasteiger partial charge in [0.15, 0.2) is 18.1 Å². The first-order valence-corrected chi connectivity index (χ1v) is 9.83. The first-order chi connectivity index (χ1) is 15.6. The number of nitro groups is 1. The molecule has 0 fully saturated rings. The summed E-state index contributed by atoms with van der Waals surface area (Å²) in [6.45, 7) is 4.70. The number of nitro benzene ring substituents is 1. The lowest BCUT2D eigenvalue weighted by atomic mass is 10.1. The highest BCUT2D eigenvalue weighted by molar-refractivity contribution is 6.01. The highest BCUT2D eigenvalue weighted by Crippen LogP contribution is 2.29. The Morgan fingerprint density at radius 1 is 1.21 bits per heavy atom. The van der Waals surface area contributed by atoms with Crippen LogP contribution in [0.1, 0.15) is 25.0 Å².